The summed E-state index contributed by atoms with van der Waals surface area (Å²) in [5, 5.41) is 32.7. The molecule has 0 fully saturated rings. The second-order valence-electron chi connectivity index (χ2n) is 8.54. The van der Waals surface area contributed by atoms with Gasteiger partial charge in [-0.15, -0.1) is 0 Å². The molecular formula is C28H33NO5. The van der Waals surface area contributed by atoms with Gasteiger partial charge in [-0.2, -0.15) is 0 Å². The summed E-state index contributed by atoms with van der Waals surface area (Å²) in [7, 11) is 0. The van der Waals surface area contributed by atoms with E-state index in [4.69, 9.17) is 9.84 Å². The Bertz CT molecular complexity index is 1050. The van der Waals surface area contributed by atoms with Gasteiger partial charge in [-0.1, -0.05) is 60.7 Å². The van der Waals surface area contributed by atoms with E-state index < -0.39 is 12.1 Å². The van der Waals surface area contributed by atoms with Gasteiger partial charge in [0.05, 0.1) is 12.7 Å². The highest BCUT2D eigenvalue weighted by Crippen LogP contribution is 2.25. The number of aliphatic hydroxyl groups excluding tert-OH is 2. The summed E-state index contributed by atoms with van der Waals surface area (Å²) in [6, 6.07) is 23.3. The zero-order chi connectivity index (χ0) is 24.3. The third-order valence-corrected chi connectivity index (χ3v) is 5.70. The lowest BCUT2D eigenvalue weighted by molar-refractivity contribution is -0.136. The molecule has 0 aliphatic carbocycles. The second-order valence-corrected chi connectivity index (χ2v) is 8.54. The van der Waals surface area contributed by atoms with Crippen molar-refractivity contribution in [3.05, 3.63) is 101 Å². The number of rotatable bonds is 13. The second kappa shape index (κ2) is 12.9. The third kappa shape index (κ3) is 7.99. The lowest BCUT2D eigenvalue weighted by Gasteiger charge is -2.19. The molecule has 6 nitrogen and oxygen atoms in total. The number of hydrogen-bond acceptors (Lipinski definition) is 5. The summed E-state index contributed by atoms with van der Waals surface area (Å²) in [6.45, 7) is 2.66. The van der Waals surface area contributed by atoms with Crippen molar-refractivity contribution in [3.63, 3.8) is 0 Å². The number of benzene rings is 3. The number of carboxylic acid groups (broad SMARTS) is 1. The van der Waals surface area contributed by atoms with Gasteiger partial charge in [0.1, 0.15) is 12.4 Å². The summed E-state index contributed by atoms with van der Waals surface area (Å²) in [6.07, 6.45) is 0.678. The Kier molecular flexibility index (Phi) is 9.64. The number of aliphatic carboxylic acids is 1. The molecule has 0 aliphatic heterocycles. The lowest BCUT2D eigenvalue weighted by atomic mass is 10.0. The molecule has 3 aromatic carbocycles. The molecule has 0 saturated carbocycles. The van der Waals surface area contributed by atoms with E-state index in [0.29, 0.717) is 36.4 Å². The molecule has 3 rings (SSSR count). The van der Waals surface area contributed by atoms with Crippen molar-refractivity contribution < 1.29 is 24.9 Å². The van der Waals surface area contributed by atoms with Crippen LogP contribution in [0, 0.1) is 0 Å². The summed E-state index contributed by atoms with van der Waals surface area (Å²) < 4.78 is 5.86. The molecule has 0 radical (unpaired) electrons. The number of nitrogens with one attached hydrogen (secondary N) is 1. The number of aliphatic hydroxyl groups is 2. The molecule has 0 unspecified atom stereocenters. The van der Waals surface area contributed by atoms with E-state index in [0.717, 1.165) is 23.1 Å². The average molecular weight is 464 g/mol. The molecule has 3 aromatic rings. The number of carboxylic acids is 1. The first-order chi connectivity index (χ1) is 16.4. The van der Waals surface area contributed by atoms with Crippen LogP contribution in [-0.2, 0) is 30.8 Å². The minimum atomic E-state index is -0.797. The average Bonchev–Trinajstić information content (AvgIpc) is 2.85. The van der Waals surface area contributed by atoms with Crippen LogP contribution in [0.3, 0.4) is 0 Å². The molecule has 0 amide bonds. The van der Waals surface area contributed by atoms with E-state index in [2.05, 4.69) is 12.2 Å². The van der Waals surface area contributed by atoms with Crippen molar-refractivity contribution in [3.8, 4) is 5.75 Å². The van der Waals surface area contributed by atoms with E-state index in [1.165, 1.54) is 0 Å². The van der Waals surface area contributed by atoms with Gasteiger partial charge in [0, 0.05) is 24.6 Å². The first-order valence-electron chi connectivity index (χ1n) is 11.6. The van der Waals surface area contributed by atoms with Gasteiger partial charge in [0.15, 0.2) is 0 Å². The van der Waals surface area contributed by atoms with Crippen molar-refractivity contribution >= 4 is 5.97 Å². The van der Waals surface area contributed by atoms with Crippen molar-refractivity contribution in [2.75, 3.05) is 6.54 Å². The summed E-state index contributed by atoms with van der Waals surface area (Å²) in [5.74, 6) is -0.194. The predicted octanol–water partition coefficient (Wildman–Crippen LogP) is 4.03. The van der Waals surface area contributed by atoms with Crippen LogP contribution in [0.2, 0.25) is 0 Å². The van der Waals surface area contributed by atoms with Crippen LogP contribution in [0.5, 0.6) is 5.75 Å². The van der Waals surface area contributed by atoms with Gasteiger partial charge in [-0.3, -0.25) is 4.79 Å². The monoisotopic (exact) mass is 463 g/mol. The Balaban J connectivity index is 1.52. The number of ether oxygens (including phenoxy) is 1. The van der Waals surface area contributed by atoms with E-state index >= 15 is 0 Å². The minimum Gasteiger partial charge on any atom is -0.489 e. The van der Waals surface area contributed by atoms with E-state index in [1.54, 1.807) is 12.1 Å². The predicted molar refractivity (Wildman–Crippen MR) is 132 cm³/mol. The number of carbonyl (C=O) groups is 1. The first-order valence-corrected chi connectivity index (χ1v) is 11.6. The number of aryl methyl sites for hydroxylation is 1. The first kappa shape index (κ1) is 25.4. The maximum Gasteiger partial charge on any atom is 0.303 e. The molecule has 180 valence electrons. The highest BCUT2D eigenvalue weighted by atomic mass is 16.5. The van der Waals surface area contributed by atoms with Crippen LogP contribution in [-0.4, -0.2) is 33.9 Å². The third-order valence-electron chi connectivity index (χ3n) is 5.70. The molecule has 0 spiro atoms. The smallest absolute Gasteiger partial charge is 0.303 e. The normalized spacial score (nSPS) is 12.8. The van der Waals surface area contributed by atoms with Gasteiger partial charge in [-0.05, 0) is 54.2 Å². The van der Waals surface area contributed by atoms with E-state index in [-0.39, 0.29) is 19.1 Å². The molecule has 6 heteroatoms. The molecule has 0 saturated heterocycles. The van der Waals surface area contributed by atoms with Gasteiger partial charge >= 0.3 is 5.97 Å². The SMILES string of the molecule is C[C@H](Cc1cccc(CCC(=O)O)c1)NC[C@H](O)c1ccc(OCc2ccccc2)c(CO)c1. The molecule has 2 atom stereocenters. The molecule has 0 aromatic heterocycles. The minimum absolute atomic E-state index is 0.120. The summed E-state index contributed by atoms with van der Waals surface area (Å²) >= 11 is 0. The largest absolute Gasteiger partial charge is 0.489 e. The van der Waals surface area contributed by atoms with Gasteiger partial charge in [-0.25, -0.2) is 0 Å². The topological polar surface area (TPSA) is 99.0 Å². The molecular weight excluding hydrogens is 430 g/mol. The van der Waals surface area contributed by atoms with Crippen LogP contribution in [0.1, 0.15) is 47.3 Å². The fourth-order valence-corrected chi connectivity index (χ4v) is 3.83. The fraction of sp³-hybridized carbons (Fsp3) is 0.321. The highest BCUT2D eigenvalue weighted by molar-refractivity contribution is 5.67. The maximum absolute atomic E-state index is 10.8. The zero-order valence-electron chi connectivity index (χ0n) is 19.5. The highest BCUT2D eigenvalue weighted by Gasteiger charge is 2.13. The Hall–Kier alpha value is -3.19. The van der Waals surface area contributed by atoms with E-state index in [1.807, 2.05) is 60.7 Å². The van der Waals surface area contributed by atoms with Crippen molar-refractivity contribution in [2.24, 2.45) is 0 Å². The van der Waals surface area contributed by atoms with Crippen LogP contribution in [0.25, 0.3) is 0 Å². The van der Waals surface area contributed by atoms with Crippen molar-refractivity contribution in [2.45, 2.75) is 51.5 Å². The van der Waals surface area contributed by atoms with Crippen LogP contribution in [0.15, 0.2) is 72.8 Å². The quantitative estimate of drug-likeness (QED) is 0.306. The van der Waals surface area contributed by atoms with Gasteiger partial charge in [0.25, 0.3) is 0 Å². The van der Waals surface area contributed by atoms with Crippen LogP contribution < -0.4 is 10.1 Å². The Labute approximate surface area is 200 Å². The number of hydrogen-bond donors (Lipinski definition) is 4. The zero-order valence-corrected chi connectivity index (χ0v) is 19.5. The molecule has 0 aliphatic rings. The van der Waals surface area contributed by atoms with Crippen LogP contribution in [0.4, 0.5) is 0 Å². The molecule has 0 heterocycles. The molecule has 4 N–H and O–H groups in total. The van der Waals surface area contributed by atoms with Crippen molar-refractivity contribution in [1.82, 2.24) is 5.32 Å². The van der Waals surface area contributed by atoms with Crippen molar-refractivity contribution in [1.29, 1.82) is 0 Å². The summed E-state index contributed by atoms with van der Waals surface area (Å²) in [5.41, 5.74) is 4.53. The van der Waals surface area contributed by atoms with E-state index in [9.17, 15) is 15.0 Å². The summed E-state index contributed by atoms with van der Waals surface area (Å²) in [4.78, 5) is 10.8. The maximum atomic E-state index is 10.8. The Morgan fingerprint density at radius 3 is 2.44 bits per heavy atom. The van der Waals surface area contributed by atoms with Crippen LogP contribution >= 0.6 is 0 Å². The molecule has 34 heavy (non-hydrogen) atoms. The van der Waals surface area contributed by atoms with Gasteiger partial charge in [0.2, 0.25) is 0 Å². The standard InChI is InChI=1S/C28H33NO5/c1-20(14-23-9-5-8-21(15-23)10-13-28(32)33)29-17-26(31)24-11-12-27(25(16-24)18-30)34-19-22-6-3-2-4-7-22/h2-9,11-12,15-16,20,26,29-31H,10,13-14,17-19H2,1H3,(H,32,33)/t20-,26+/m1/s1. The fourth-order valence-electron chi connectivity index (χ4n) is 3.83. The Morgan fingerprint density at radius 2 is 1.71 bits per heavy atom. The lowest BCUT2D eigenvalue weighted by Crippen LogP contribution is -2.32. The molecule has 0 bridgehead atoms. The Morgan fingerprint density at radius 1 is 0.971 bits per heavy atom. The van der Waals surface area contributed by atoms with Gasteiger partial charge < -0.3 is 25.4 Å².